The van der Waals surface area contributed by atoms with Gasteiger partial charge in [0.25, 0.3) is 5.91 Å². The van der Waals surface area contributed by atoms with Gasteiger partial charge < -0.3 is 9.64 Å². The van der Waals surface area contributed by atoms with Crippen molar-refractivity contribution >= 4 is 21.9 Å². The number of carbonyl (C=O) groups excluding carboxylic acids is 2. The molecule has 2 rings (SSSR count). The zero-order valence-corrected chi connectivity index (χ0v) is 17.1. The molecule has 1 aliphatic heterocycles. The number of likely N-dealkylation sites (tertiary alicyclic amines) is 1. The highest BCUT2D eigenvalue weighted by atomic mass is 32.2. The van der Waals surface area contributed by atoms with Gasteiger partial charge in [0.05, 0.1) is 4.90 Å². The van der Waals surface area contributed by atoms with Gasteiger partial charge in [-0.05, 0) is 70.2 Å². The van der Waals surface area contributed by atoms with Crippen LogP contribution in [-0.4, -0.2) is 50.4 Å². The minimum Gasteiger partial charge on any atom is -0.455 e. The predicted molar refractivity (Wildman–Crippen MR) is 102 cm³/mol. The lowest BCUT2D eigenvalue weighted by Gasteiger charge is -2.38. The maximum absolute atomic E-state index is 12.3. The number of piperidine rings is 1. The summed E-state index contributed by atoms with van der Waals surface area (Å²) in [6.45, 7) is 6.76. The summed E-state index contributed by atoms with van der Waals surface area (Å²) in [4.78, 5) is 26.0. The first-order valence-electron chi connectivity index (χ1n) is 9.15. The van der Waals surface area contributed by atoms with Crippen LogP contribution in [0.15, 0.2) is 23.1 Å². The maximum atomic E-state index is 12.3. The Kier molecular flexibility index (Phi) is 7.00. The zero-order chi connectivity index (χ0) is 20.2. The van der Waals surface area contributed by atoms with E-state index in [1.54, 1.807) is 17.0 Å². The molecular weight excluding hydrogens is 368 g/mol. The Balaban J connectivity index is 1.86. The topological polar surface area (TPSA) is 92.8 Å². The monoisotopic (exact) mass is 396 g/mol. The van der Waals surface area contributed by atoms with Gasteiger partial charge in [0.2, 0.25) is 10.0 Å². The van der Waals surface area contributed by atoms with E-state index in [-0.39, 0.29) is 29.5 Å². The van der Waals surface area contributed by atoms with E-state index in [4.69, 9.17) is 4.74 Å². The molecule has 2 atom stereocenters. The van der Waals surface area contributed by atoms with Crippen molar-refractivity contribution in [2.45, 2.75) is 63.9 Å². The molecule has 1 amide bonds. The second kappa shape index (κ2) is 8.84. The number of carbonyl (C=O) groups is 2. The Morgan fingerprint density at radius 1 is 1.15 bits per heavy atom. The van der Waals surface area contributed by atoms with Crippen molar-refractivity contribution in [3.63, 3.8) is 0 Å². The molecule has 0 saturated carbocycles. The first kappa shape index (κ1) is 21.4. The van der Waals surface area contributed by atoms with Crippen LogP contribution in [0.1, 0.15) is 44.2 Å². The Hall–Kier alpha value is -1.93. The number of aryl methyl sites for hydroxylation is 2. The van der Waals surface area contributed by atoms with Crippen molar-refractivity contribution in [1.82, 2.24) is 9.62 Å². The van der Waals surface area contributed by atoms with Crippen LogP contribution in [0.2, 0.25) is 0 Å². The lowest BCUT2D eigenvalue weighted by atomic mass is 9.97. The van der Waals surface area contributed by atoms with E-state index in [9.17, 15) is 18.0 Å². The average molecular weight is 397 g/mol. The van der Waals surface area contributed by atoms with E-state index in [0.717, 1.165) is 30.4 Å². The third-order valence-corrected chi connectivity index (χ3v) is 6.43. The molecular formula is C19H28N2O5S. The Morgan fingerprint density at radius 3 is 2.37 bits per heavy atom. The third-order valence-electron chi connectivity index (χ3n) is 5.03. The lowest BCUT2D eigenvalue weighted by Crippen LogP contribution is -2.49. The molecule has 1 aromatic rings. The SMILES string of the molecule is Cc1ccc(S(=O)(=O)NCC(=O)OCC(=O)N2[C@H](C)CCC[C@@H]2C)cc1C. The molecule has 1 saturated heterocycles. The fourth-order valence-corrected chi connectivity index (χ4v) is 4.35. The van der Waals surface area contributed by atoms with E-state index in [2.05, 4.69) is 4.72 Å². The highest BCUT2D eigenvalue weighted by molar-refractivity contribution is 7.89. The fourth-order valence-electron chi connectivity index (χ4n) is 3.30. The molecule has 0 bridgehead atoms. The van der Waals surface area contributed by atoms with Crippen molar-refractivity contribution < 1.29 is 22.7 Å². The van der Waals surface area contributed by atoms with Gasteiger partial charge in [-0.1, -0.05) is 6.07 Å². The summed E-state index contributed by atoms with van der Waals surface area (Å²) in [5.74, 6) is -1.03. The van der Waals surface area contributed by atoms with Gasteiger partial charge in [0, 0.05) is 12.1 Å². The van der Waals surface area contributed by atoms with Crippen molar-refractivity contribution in [2.24, 2.45) is 0 Å². The highest BCUT2D eigenvalue weighted by Gasteiger charge is 2.29. The second-order valence-corrected chi connectivity index (χ2v) is 8.93. The minimum atomic E-state index is -3.82. The first-order chi connectivity index (χ1) is 12.6. The number of hydrogen-bond acceptors (Lipinski definition) is 5. The van der Waals surface area contributed by atoms with Gasteiger partial charge in [-0.3, -0.25) is 9.59 Å². The summed E-state index contributed by atoms with van der Waals surface area (Å²) < 4.78 is 31.7. The molecule has 7 nitrogen and oxygen atoms in total. The second-order valence-electron chi connectivity index (χ2n) is 7.16. The normalized spacial score (nSPS) is 20.4. The Morgan fingerprint density at radius 2 is 1.78 bits per heavy atom. The molecule has 0 aromatic heterocycles. The number of esters is 1. The number of hydrogen-bond donors (Lipinski definition) is 1. The lowest BCUT2D eigenvalue weighted by molar-refractivity contribution is -0.154. The van der Waals surface area contributed by atoms with Crippen molar-refractivity contribution in [2.75, 3.05) is 13.2 Å². The molecule has 1 aliphatic rings. The summed E-state index contributed by atoms with van der Waals surface area (Å²) in [5.41, 5.74) is 1.82. The van der Waals surface area contributed by atoms with E-state index >= 15 is 0 Å². The highest BCUT2D eigenvalue weighted by Crippen LogP contribution is 2.22. The third kappa shape index (κ3) is 5.52. The van der Waals surface area contributed by atoms with Crippen molar-refractivity contribution in [3.05, 3.63) is 29.3 Å². The van der Waals surface area contributed by atoms with E-state index in [0.29, 0.717) is 0 Å². The number of benzene rings is 1. The van der Waals surface area contributed by atoms with Crippen LogP contribution in [0.25, 0.3) is 0 Å². The number of rotatable bonds is 6. The molecule has 1 N–H and O–H groups in total. The number of sulfonamides is 1. The summed E-state index contributed by atoms with van der Waals surface area (Å²) in [6, 6.07) is 4.97. The summed E-state index contributed by atoms with van der Waals surface area (Å²) in [7, 11) is -3.82. The van der Waals surface area contributed by atoms with Gasteiger partial charge in [0.1, 0.15) is 6.54 Å². The maximum Gasteiger partial charge on any atom is 0.321 e. The van der Waals surface area contributed by atoms with Gasteiger partial charge in [0.15, 0.2) is 6.61 Å². The number of ether oxygens (including phenoxy) is 1. The molecule has 150 valence electrons. The quantitative estimate of drug-likeness (QED) is 0.742. The number of amides is 1. The van der Waals surface area contributed by atoms with Crippen LogP contribution >= 0.6 is 0 Å². The van der Waals surface area contributed by atoms with E-state index < -0.39 is 22.5 Å². The van der Waals surface area contributed by atoms with E-state index in [1.165, 1.54) is 6.07 Å². The van der Waals surface area contributed by atoms with Gasteiger partial charge in [-0.15, -0.1) is 0 Å². The van der Waals surface area contributed by atoms with Crippen LogP contribution in [0.4, 0.5) is 0 Å². The Bertz CT molecular complexity index is 796. The molecule has 0 aliphatic carbocycles. The van der Waals surface area contributed by atoms with Crippen LogP contribution in [0.3, 0.4) is 0 Å². The van der Waals surface area contributed by atoms with Crippen LogP contribution in [-0.2, 0) is 24.3 Å². The Labute approximate surface area is 161 Å². The first-order valence-corrected chi connectivity index (χ1v) is 10.6. The zero-order valence-electron chi connectivity index (χ0n) is 16.3. The minimum absolute atomic E-state index is 0.0884. The van der Waals surface area contributed by atoms with Crippen LogP contribution in [0, 0.1) is 13.8 Å². The smallest absolute Gasteiger partial charge is 0.321 e. The van der Waals surface area contributed by atoms with Crippen LogP contribution in [0.5, 0.6) is 0 Å². The molecule has 27 heavy (non-hydrogen) atoms. The van der Waals surface area contributed by atoms with Crippen LogP contribution < -0.4 is 4.72 Å². The summed E-state index contributed by atoms with van der Waals surface area (Å²) in [5, 5.41) is 0. The van der Waals surface area contributed by atoms with E-state index in [1.807, 2.05) is 27.7 Å². The van der Waals surface area contributed by atoms with Gasteiger partial charge >= 0.3 is 5.97 Å². The summed E-state index contributed by atoms with van der Waals surface area (Å²) in [6.07, 6.45) is 2.94. The van der Waals surface area contributed by atoms with Crippen molar-refractivity contribution in [3.8, 4) is 0 Å². The fraction of sp³-hybridized carbons (Fsp3) is 0.579. The molecule has 0 spiro atoms. The molecule has 1 aromatic carbocycles. The number of nitrogens with one attached hydrogen (secondary N) is 1. The predicted octanol–water partition coefficient (Wildman–Crippen LogP) is 1.91. The molecule has 0 unspecified atom stereocenters. The van der Waals surface area contributed by atoms with Gasteiger partial charge in [-0.25, -0.2) is 8.42 Å². The molecule has 0 radical (unpaired) electrons. The molecule has 1 fully saturated rings. The largest absolute Gasteiger partial charge is 0.455 e. The van der Waals surface area contributed by atoms with Crippen molar-refractivity contribution in [1.29, 1.82) is 0 Å². The molecule has 1 heterocycles. The van der Waals surface area contributed by atoms with Gasteiger partial charge in [-0.2, -0.15) is 4.72 Å². The molecule has 8 heteroatoms. The summed E-state index contributed by atoms with van der Waals surface area (Å²) >= 11 is 0. The number of nitrogens with zero attached hydrogens (tertiary/aromatic N) is 1. The standard InChI is InChI=1S/C19H28N2O5S/c1-13-8-9-17(10-14(13)2)27(24,25)20-11-19(23)26-12-18(22)21-15(3)6-5-7-16(21)4/h8-10,15-16,20H,5-7,11-12H2,1-4H3/t15-,16+. The average Bonchev–Trinajstić information content (AvgIpc) is 2.60.